The minimum atomic E-state index is -0.282. The summed E-state index contributed by atoms with van der Waals surface area (Å²) in [6.07, 6.45) is 6.41. The van der Waals surface area contributed by atoms with E-state index in [0.29, 0.717) is 30.9 Å². The van der Waals surface area contributed by atoms with Crippen molar-refractivity contribution < 1.29 is 18.4 Å². The van der Waals surface area contributed by atoms with Gasteiger partial charge in [0.25, 0.3) is 5.91 Å². The molecule has 2 fully saturated rings. The second-order valence-corrected chi connectivity index (χ2v) is 7.93. The number of hydrogen-bond donors (Lipinski definition) is 2. The molecule has 4 rings (SSSR count). The van der Waals surface area contributed by atoms with Crippen LogP contribution < -0.4 is 10.6 Å². The average molecular weight is 399 g/mol. The zero-order chi connectivity index (χ0) is 20.2. The van der Waals surface area contributed by atoms with E-state index in [0.717, 1.165) is 37.7 Å². The highest BCUT2D eigenvalue weighted by atomic mass is 19.1. The average Bonchev–Trinajstić information content (AvgIpc) is 3.23. The highest BCUT2D eigenvalue weighted by molar-refractivity contribution is 5.91. The van der Waals surface area contributed by atoms with E-state index >= 15 is 0 Å². The molecule has 2 amide bonds. The SMILES string of the molecule is O=C(CN1C2CCCC1CC(NC(=O)c1ccco1)C2)NCc1ccc(F)cc1. The number of carbonyl (C=O) groups is 2. The third kappa shape index (κ3) is 4.85. The van der Waals surface area contributed by atoms with Gasteiger partial charge in [0.15, 0.2) is 5.76 Å². The molecule has 0 saturated carbocycles. The monoisotopic (exact) mass is 399 g/mol. The normalized spacial score (nSPS) is 24.1. The Morgan fingerprint density at radius 2 is 1.83 bits per heavy atom. The highest BCUT2D eigenvalue weighted by Crippen LogP contribution is 2.34. The van der Waals surface area contributed by atoms with Crippen LogP contribution in [0.3, 0.4) is 0 Å². The minimum Gasteiger partial charge on any atom is -0.459 e. The van der Waals surface area contributed by atoms with Crippen molar-refractivity contribution in [3.05, 3.63) is 59.8 Å². The molecular formula is C22H26FN3O3. The summed E-state index contributed by atoms with van der Waals surface area (Å²) < 4.78 is 18.2. The molecule has 0 radical (unpaired) electrons. The van der Waals surface area contributed by atoms with Crippen LogP contribution in [-0.2, 0) is 11.3 Å². The Morgan fingerprint density at radius 3 is 2.48 bits per heavy atom. The van der Waals surface area contributed by atoms with Gasteiger partial charge in [-0.3, -0.25) is 14.5 Å². The fourth-order valence-corrected chi connectivity index (χ4v) is 4.54. The predicted octanol–water partition coefficient (Wildman–Crippen LogP) is 2.85. The number of rotatable bonds is 6. The van der Waals surface area contributed by atoms with Crippen LogP contribution >= 0.6 is 0 Å². The summed E-state index contributed by atoms with van der Waals surface area (Å²) in [4.78, 5) is 27.1. The van der Waals surface area contributed by atoms with Crippen molar-refractivity contribution >= 4 is 11.8 Å². The molecule has 0 spiro atoms. The topological polar surface area (TPSA) is 74.6 Å². The predicted molar refractivity (Wildman–Crippen MR) is 106 cm³/mol. The lowest BCUT2D eigenvalue weighted by Gasteiger charge is -2.48. The fourth-order valence-electron chi connectivity index (χ4n) is 4.54. The van der Waals surface area contributed by atoms with Gasteiger partial charge < -0.3 is 15.1 Å². The van der Waals surface area contributed by atoms with Crippen molar-refractivity contribution in [2.24, 2.45) is 0 Å². The molecule has 6 nitrogen and oxygen atoms in total. The first-order chi connectivity index (χ1) is 14.1. The molecule has 2 saturated heterocycles. The van der Waals surface area contributed by atoms with Crippen LogP contribution in [0.25, 0.3) is 0 Å². The van der Waals surface area contributed by atoms with Gasteiger partial charge >= 0.3 is 0 Å². The van der Waals surface area contributed by atoms with Gasteiger partial charge in [0.1, 0.15) is 5.82 Å². The van der Waals surface area contributed by atoms with Gasteiger partial charge in [-0.25, -0.2) is 4.39 Å². The molecule has 2 aliphatic heterocycles. The molecular weight excluding hydrogens is 373 g/mol. The number of nitrogens with one attached hydrogen (secondary N) is 2. The lowest BCUT2D eigenvalue weighted by molar-refractivity contribution is -0.125. The Bertz CT molecular complexity index is 823. The van der Waals surface area contributed by atoms with E-state index in [1.165, 1.54) is 18.4 Å². The van der Waals surface area contributed by atoms with E-state index in [-0.39, 0.29) is 23.7 Å². The van der Waals surface area contributed by atoms with Gasteiger partial charge in [-0.1, -0.05) is 18.6 Å². The van der Waals surface area contributed by atoms with Crippen LogP contribution in [-0.4, -0.2) is 41.4 Å². The minimum absolute atomic E-state index is 0.0238. The van der Waals surface area contributed by atoms with Crippen molar-refractivity contribution in [3.8, 4) is 0 Å². The third-order valence-electron chi connectivity index (χ3n) is 5.94. The first-order valence-electron chi connectivity index (χ1n) is 10.2. The van der Waals surface area contributed by atoms with Crippen LogP contribution in [0.15, 0.2) is 47.1 Å². The number of hydrogen-bond acceptors (Lipinski definition) is 4. The molecule has 29 heavy (non-hydrogen) atoms. The summed E-state index contributed by atoms with van der Waals surface area (Å²) in [5.41, 5.74) is 0.874. The lowest BCUT2D eigenvalue weighted by Crippen LogP contribution is -2.58. The van der Waals surface area contributed by atoms with Gasteiger partial charge in [-0.2, -0.15) is 0 Å². The fraction of sp³-hybridized carbons (Fsp3) is 0.455. The number of piperidine rings is 2. The van der Waals surface area contributed by atoms with E-state index in [1.807, 2.05) is 0 Å². The maximum Gasteiger partial charge on any atom is 0.287 e. The Balaban J connectivity index is 1.30. The van der Waals surface area contributed by atoms with Gasteiger partial charge in [-0.05, 0) is 55.5 Å². The number of nitrogens with zero attached hydrogens (tertiary/aromatic N) is 1. The lowest BCUT2D eigenvalue weighted by atomic mass is 9.81. The first kappa shape index (κ1) is 19.6. The summed E-state index contributed by atoms with van der Waals surface area (Å²) >= 11 is 0. The summed E-state index contributed by atoms with van der Waals surface area (Å²) in [6, 6.07) is 10.2. The highest BCUT2D eigenvalue weighted by Gasteiger charge is 2.39. The Morgan fingerprint density at radius 1 is 1.10 bits per heavy atom. The summed E-state index contributed by atoms with van der Waals surface area (Å²) in [7, 11) is 0. The number of benzene rings is 1. The molecule has 7 heteroatoms. The molecule has 2 N–H and O–H groups in total. The summed E-state index contributed by atoms with van der Waals surface area (Å²) in [5.74, 6) is -0.152. The molecule has 2 aliphatic rings. The van der Waals surface area contributed by atoms with Crippen LogP contribution in [0.1, 0.15) is 48.2 Å². The second kappa shape index (κ2) is 8.78. The molecule has 0 aliphatic carbocycles. The van der Waals surface area contributed by atoms with E-state index in [9.17, 15) is 14.0 Å². The Hall–Kier alpha value is -2.67. The van der Waals surface area contributed by atoms with E-state index in [2.05, 4.69) is 15.5 Å². The van der Waals surface area contributed by atoms with Crippen LogP contribution in [0.5, 0.6) is 0 Å². The zero-order valence-corrected chi connectivity index (χ0v) is 16.3. The van der Waals surface area contributed by atoms with Crippen molar-refractivity contribution in [2.75, 3.05) is 6.54 Å². The first-order valence-corrected chi connectivity index (χ1v) is 10.2. The van der Waals surface area contributed by atoms with Crippen LogP contribution in [0, 0.1) is 5.82 Å². The van der Waals surface area contributed by atoms with Gasteiger partial charge in [0.2, 0.25) is 5.91 Å². The summed E-state index contributed by atoms with van der Waals surface area (Å²) in [6.45, 7) is 0.749. The number of fused-ring (bicyclic) bond motifs is 2. The van der Waals surface area contributed by atoms with E-state index in [4.69, 9.17) is 4.42 Å². The molecule has 2 unspecified atom stereocenters. The van der Waals surface area contributed by atoms with Gasteiger partial charge in [-0.15, -0.1) is 0 Å². The standard InChI is InChI=1S/C22H26FN3O3/c23-16-8-6-15(7-9-16)13-24-21(27)14-26-18-3-1-4-19(26)12-17(11-18)25-22(28)20-5-2-10-29-20/h2,5-10,17-19H,1,3-4,11-14H2,(H,24,27)(H,25,28). The molecule has 3 heterocycles. The molecule has 154 valence electrons. The Kier molecular flexibility index (Phi) is 5.94. The molecule has 1 aromatic heterocycles. The molecule has 2 atom stereocenters. The number of carbonyl (C=O) groups excluding carboxylic acids is 2. The molecule has 2 bridgehead atoms. The number of halogens is 1. The second-order valence-electron chi connectivity index (χ2n) is 7.93. The molecule has 2 aromatic rings. The van der Waals surface area contributed by atoms with Crippen molar-refractivity contribution in [3.63, 3.8) is 0 Å². The van der Waals surface area contributed by atoms with Crippen molar-refractivity contribution in [1.82, 2.24) is 15.5 Å². The maximum absolute atomic E-state index is 13.0. The molecule has 1 aromatic carbocycles. The van der Waals surface area contributed by atoms with E-state index in [1.54, 1.807) is 24.3 Å². The van der Waals surface area contributed by atoms with Gasteiger partial charge in [0.05, 0.1) is 12.8 Å². The van der Waals surface area contributed by atoms with Gasteiger partial charge in [0, 0.05) is 24.7 Å². The number of amides is 2. The van der Waals surface area contributed by atoms with Crippen LogP contribution in [0.4, 0.5) is 4.39 Å². The Labute approximate surface area is 169 Å². The largest absolute Gasteiger partial charge is 0.459 e. The maximum atomic E-state index is 13.0. The van der Waals surface area contributed by atoms with Crippen molar-refractivity contribution in [1.29, 1.82) is 0 Å². The smallest absolute Gasteiger partial charge is 0.287 e. The van der Waals surface area contributed by atoms with Crippen LogP contribution in [0.2, 0.25) is 0 Å². The van der Waals surface area contributed by atoms with E-state index < -0.39 is 0 Å². The zero-order valence-electron chi connectivity index (χ0n) is 16.3. The van der Waals surface area contributed by atoms with Crippen molar-refractivity contribution in [2.45, 2.75) is 56.8 Å². The number of furan rings is 1. The quantitative estimate of drug-likeness (QED) is 0.783. The third-order valence-corrected chi connectivity index (χ3v) is 5.94. The summed E-state index contributed by atoms with van der Waals surface area (Å²) in [5, 5.41) is 6.02.